The Hall–Kier alpha value is -2.64. The van der Waals surface area contributed by atoms with Crippen molar-refractivity contribution < 1.29 is 4.79 Å². The number of hydrogen-bond acceptors (Lipinski definition) is 6. The second-order valence-corrected chi connectivity index (χ2v) is 7.07. The van der Waals surface area contributed by atoms with Crippen LogP contribution < -0.4 is 5.32 Å². The molecule has 0 spiro atoms. The number of anilines is 1. The van der Waals surface area contributed by atoms with E-state index in [1.54, 1.807) is 18.6 Å². The SMILES string of the molecule is CN(C)CCc1ccc(NC(=O)Cc2csc(-c3cnccn3)n2)cc1. The Labute approximate surface area is 157 Å². The number of hydrogen-bond donors (Lipinski definition) is 1. The number of likely N-dealkylation sites (N-methyl/N-ethyl adjacent to an activating group) is 1. The van der Waals surface area contributed by atoms with Gasteiger partial charge >= 0.3 is 0 Å². The van der Waals surface area contributed by atoms with Gasteiger partial charge < -0.3 is 10.2 Å². The molecule has 0 radical (unpaired) electrons. The van der Waals surface area contributed by atoms with Crippen molar-refractivity contribution in [1.29, 1.82) is 0 Å². The highest BCUT2D eigenvalue weighted by molar-refractivity contribution is 7.13. The first-order valence-corrected chi connectivity index (χ1v) is 9.22. The molecule has 3 aromatic rings. The van der Waals surface area contributed by atoms with Gasteiger partial charge in [0.1, 0.15) is 10.7 Å². The van der Waals surface area contributed by atoms with Crippen molar-refractivity contribution in [1.82, 2.24) is 19.9 Å². The van der Waals surface area contributed by atoms with Crippen molar-refractivity contribution in [2.75, 3.05) is 26.0 Å². The molecule has 26 heavy (non-hydrogen) atoms. The number of rotatable bonds is 7. The van der Waals surface area contributed by atoms with E-state index < -0.39 is 0 Å². The largest absolute Gasteiger partial charge is 0.326 e. The molecule has 0 fully saturated rings. The van der Waals surface area contributed by atoms with Gasteiger partial charge in [-0.1, -0.05) is 12.1 Å². The second-order valence-electron chi connectivity index (χ2n) is 6.21. The van der Waals surface area contributed by atoms with Crippen LogP contribution in [0.3, 0.4) is 0 Å². The Balaban J connectivity index is 1.55. The van der Waals surface area contributed by atoms with E-state index >= 15 is 0 Å². The molecule has 0 aliphatic heterocycles. The topological polar surface area (TPSA) is 71.0 Å². The maximum absolute atomic E-state index is 12.2. The monoisotopic (exact) mass is 367 g/mol. The summed E-state index contributed by atoms with van der Waals surface area (Å²) in [6.45, 7) is 1.00. The van der Waals surface area contributed by atoms with Crippen molar-refractivity contribution in [3.63, 3.8) is 0 Å². The van der Waals surface area contributed by atoms with Crippen LogP contribution >= 0.6 is 11.3 Å². The van der Waals surface area contributed by atoms with Crippen LogP contribution in [0.25, 0.3) is 10.7 Å². The average molecular weight is 367 g/mol. The van der Waals surface area contributed by atoms with Crippen LogP contribution in [0.5, 0.6) is 0 Å². The van der Waals surface area contributed by atoms with E-state index in [4.69, 9.17) is 0 Å². The third kappa shape index (κ3) is 5.18. The summed E-state index contributed by atoms with van der Waals surface area (Å²) >= 11 is 1.46. The number of nitrogens with one attached hydrogen (secondary N) is 1. The maximum atomic E-state index is 12.2. The van der Waals surface area contributed by atoms with Gasteiger partial charge in [0, 0.05) is 30.0 Å². The summed E-state index contributed by atoms with van der Waals surface area (Å²) in [6.07, 6.45) is 6.15. The summed E-state index contributed by atoms with van der Waals surface area (Å²) in [5, 5.41) is 5.57. The van der Waals surface area contributed by atoms with Gasteiger partial charge in [0.05, 0.1) is 18.3 Å². The Kier molecular flexibility index (Phi) is 6.04. The zero-order valence-corrected chi connectivity index (χ0v) is 15.7. The zero-order chi connectivity index (χ0) is 18.4. The molecule has 1 aromatic carbocycles. The predicted octanol–water partition coefficient (Wildman–Crippen LogP) is 2.89. The van der Waals surface area contributed by atoms with E-state index in [0.29, 0.717) is 0 Å². The number of carbonyl (C=O) groups is 1. The average Bonchev–Trinajstić information content (AvgIpc) is 3.10. The number of aromatic nitrogens is 3. The first-order valence-electron chi connectivity index (χ1n) is 8.34. The van der Waals surface area contributed by atoms with E-state index in [-0.39, 0.29) is 12.3 Å². The highest BCUT2D eigenvalue weighted by atomic mass is 32.1. The van der Waals surface area contributed by atoms with Gasteiger partial charge in [-0.3, -0.25) is 14.8 Å². The molecule has 6 nitrogen and oxygen atoms in total. The minimum Gasteiger partial charge on any atom is -0.326 e. The number of nitrogens with zero attached hydrogens (tertiary/aromatic N) is 4. The molecule has 3 rings (SSSR count). The van der Waals surface area contributed by atoms with Crippen molar-refractivity contribution in [3.8, 4) is 10.7 Å². The summed E-state index contributed by atoms with van der Waals surface area (Å²) < 4.78 is 0. The molecule has 0 unspecified atom stereocenters. The summed E-state index contributed by atoms with van der Waals surface area (Å²) in [5.74, 6) is -0.0814. The van der Waals surface area contributed by atoms with Crippen LogP contribution in [0.4, 0.5) is 5.69 Å². The van der Waals surface area contributed by atoms with Gasteiger partial charge in [-0.15, -0.1) is 11.3 Å². The first kappa shape index (κ1) is 18.2. The minimum atomic E-state index is -0.0814. The smallest absolute Gasteiger partial charge is 0.230 e. The third-order valence-electron chi connectivity index (χ3n) is 3.76. The fourth-order valence-electron chi connectivity index (χ4n) is 2.39. The van der Waals surface area contributed by atoms with Crippen LogP contribution in [0.15, 0.2) is 48.2 Å². The molecule has 7 heteroatoms. The van der Waals surface area contributed by atoms with E-state index in [9.17, 15) is 4.79 Å². The fourth-order valence-corrected chi connectivity index (χ4v) is 3.17. The van der Waals surface area contributed by atoms with Gasteiger partial charge in [-0.05, 0) is 38.2 Å². The van der Waals surface area contributed by atoms with Gasteiger partial charge in [-0.25, -0.2) is 4.98 Å². The molecule has 0 aliphatic rings. The molecule has 1 amide bonds. The summed E-state index contributed by atoms with van der Waals surface area (Å²) in [7, 11) is 4.12. The lowest BCUT2D eigenvalue weighted by Gasteiger charge is -2.10. The minimum absolute atomic E-state index is 0.0814. The van der Waals surface area contributed by atoms with Crippen LogP contribution in [-0.4, -0.2) is 46.4 Å². The number of carbonyl (C=O) groups excluding carboxylic acids is 1. The Morgan fingerprint density at radius 2 is 2.00 bits per heavy atom. The second kappa shape index (κ2) is 8.64. The predicted molar refractivity (Wildman–Crippen MR) is 104 cm³/mol. The molecule has 0 atom stereocenters. The zero-order valence-electron chi connectivity index (χ0n) is 14.8. The molecule has 0 saturated heterocycles. The molecule has 2 heterocycles. The van der Waals surface area contributed by atoms with Crippen molar-refractivity contribution >= 4 is 22.9 Å². The molecular formula is C19H21N5OS. The number of amides is 1. The Bertz CT molecular complexity index is 846. The van der Waals surface area contributed by atoms with Crippen LogP contribution in [0, 0.1) is 0 Å². The lowest BCUT2D eigenvalue weighted by Crippen LogP contribution is -2.15. The van der Waals surface area contributed by atoms with Crippen molar-refractivity contribution in [3.05, 3.63) is 59.5 Å². The maximum Gasteiger partial charge on any atom is 0.230 e. The third-order valence-corrected chi connectivity index (χ3v) is 4.67. The van der Waals surface area contributed by atoms with E-state index in [1.807, 2.05) is 29.6 Å². The van der Waals surface area contributed by atoms with Gasteiger partial charge in [0.25, 0.3) is 0 Å². The highest BCUT2D eigenvalue weighted by Gasteiger charge is 2.10. The molecule has 1 N–H and O–H groups in total. The Morgan fingerprint density at radius 3 is 2.69 bits per heavy atom. The van der Waals surface area contributed by atoms with E-state index in [1.165, 1.54) is 16.9 Å². The quantitative estimate of drug-likeness (QED) is 0.695. The number of benzene rings is 1. The van der Waals surface area contributed by atoms with E-state index in [0.717, 1.165) is 35.0 Å². The molecule has 2 aromatic heterocycles. The number of thiazole rings is 1. The molecule has 0 saturated carbocycles. The standard InChI is InChI=1S/C19H21N5OS/c1-24(2)10-7-14-3-5-15(6-4-14)22-18(25)11-16-13-26-19(23-16)17-12-20-8-9-21-17/h3-6,8-9,12-13H,7,10-11H2,1-2H3,(H,22,25). The lowest BCUT2D eigenvalue weighted by molar-refractivity contribution is -0.115. The molecule has 0 bridgehead atoms. The molecule has 134 valence electrons. The highest BCUT2D eigenvalue weighted by Crippen LogP contribution is 2.21. The Morgan fingerprint density at radius 1 is 1.19 bits per heavy atom. The summed E-state index contributed by atoms with van der Waals surface area (Å²) in [5.41, 5.74) is 3.51. The fraction of sp³-hybridized carbons (Fsp3) is 0.263. The summed E-state index contributed by atoms with van der Waals surface area (Å²) in [6, 6.07) is 7.98. The van der Waals surface area contributed by atoms with Crippen LogP contribution in [0.2, 0.25) is 0 Å². The molecule has 0 aliphatic carbocycles. The van der Waals surface area contributed by atoms with Gasteiger partial charge in [0.2, 0.25) is 5.91 Å². The van der Waals surface area contributed by atoms with Gasteiger partial charge in [0.15, 0.2) is 0 Å². The van der Waals surface area contributed by atoms with Crippen LogP contribution in [0.1, 0.15) is 11.3 Å². The van der Waals surface area contributed by atoms with Crippen LogP contribution in [-0.2, 0) is 17.6 Å². The van der Waals surface area contributed by atoms with Crippen molar-refractivity contribution in [2.24, 2.45) is 0 Å². The van der Waals surface area contributed by atoms with Crippen molar-refractivity contribution in [2.45, 2.75) is 12.8 Å². The molecular weight excluding hydrogens is 346 g/mol. The summed E-state index contributed by atoms with van der Waals surface area (Å²) in [4.78, 5) is 27.1. The lowest BCUT2D eigenvalue weighted by atomic mass is 10.1. The first-order chi connectivity index (χ1) is 12.6. The van der Waals surface area contributed by atoms with Gasteiger partial charge in [-0.2, -0.15) is 0 Å². The van der Waals surface area contributed by atoms with E-state index in [2.05, 4.69) is 39.3 Å². The normalized spacial score (nSPS) is 10.9.